The zero-order valence-corrected chi connectivity index (χ0v) is 9.33. The van der Waals surface area contributed by atoms with E-state index in [9.17, 15) is 0 Å². The SMILES string of the molecule is [Bh].[CH2-]OC. The molecule has 2 heteroatoms. The van der Waals surface area contributed by atoms with E-state index in [-0.39, 0.29) is 0 Å². The minimum absolute atomic E-state index is 0. The number of ether oxygens (including phenoxy) is 1. The molecule has 0 aromatic heterocycles. The first-order chi connectivity index (χ1) is 1.41. The molecule has 0 aromatic rings. The van der Waals surface area contributed by atoms with Crippen LogP contribution in [0.5, 0.6) is 0 Å². The monoisotopic (exact) mass is 315 g/mol. The van der Waals surface area contributed by atoms with Crippen LogP contribution in [0.15, 0.2) is 0 Å². The van der Waals surface area contributed by atoms with Gasteiger partial charge in [0.25, 0.3) is 0 Å². The van der Waals surface area contributed by atoms with E-state index in [1.807, 2.05) is 0 Å². The Balaban J connectivity index is 0. The minimum Gasteiger partial charge on any atom is -0.557 e. The predicted octanol–water partition coefficient (Wildman–Crippen LogP) is 0.424. The van der Waals surface area contributed by atoms with Crippen molar-refractivity contribution in [1.82, 2.24) is 0 Å². The van der Waals surface area contributed by atoms with Crippen LogP contribution in [0.25, 0.3) is 0 Å². The second-order valence-corrected chi connectivity index (χ2v) is 0.289. The first-order valence-electron chi connectivity index (χ1n) is 0.697. The summed E-state index contributed by atoms with van der Waals surface area (Å²) in [6.45, 7) is 0. The predicted molar refractivity (Wildman–Crippen MR) is 12.4 cm³/mol. The molecule has 0 spiro atoms. The van der Waals surface area contributed by atoms with Crippen LogP contribution in [0.3, 0.4) is 0 Å². The fraction of sp³-hybridized carbons (Fsp3) is 0.500. The normalized spacial score (nSPS) is 4.50. The summed E-state index contributed by atoms with van der Waals surface area (Å²) in [5, 5.41) is 0. The third-order valence-electron chi connectivity index (χ3n) is 0. The Hall–Kier alpha value is -1.04. The molecule has 4 heavy (non-hydrogen) atoms. The summed E-state index contributed by atoms with van der Waals surface area (Å²) in [5.74, 6) is 0. The van der Waals surface area contributed by atoms with E-state index in [1.54, 1.807) is 0 Å². The van der Waals surface area contributed by atoms with Crippen LogP contribution < -0.4 is 0 Å². The van der Waals surface area contributed by atoms with Crippen LogP contribution in [0, 0.1) is 7.11 Å². The zero-order chi connectivity index (χ0) is 2.71. The molecule has 0 bridgehead atoms. The van der Waals surface area contributed by atoms with Crippen molar-refractivity contribution in [2.75, 3.05) is 7.11 Å². The molecule has 0 fully saturated rings. The van der Waals surface area contributed by atoms with Gasteiger partial charge in [-0.3, -0.25) is 0 Å². The van der Waals surface area contributed by atoms with Crippen molar-refractivity contribution in [1.29, 1.82) is 0 Å². The van der Waals surface area contributed by atoms with Crippen molar-refractivity contribution >= 4 is 0 Å². The van der Waals surface area contributed by atoms with Gasteiger partial charge in [-0.15, -0.1) is 0 Å². The molecule has 0 aliphatic rings. The quantitative estimate of drug-likeness (QED) is 0.589. The zero-order valence-electron chi connectivity index (χ0n) is 2.82. The summed E-state index contributed by atoms with van der Waals surface area (Å²) in [4.78, 5) is 0. The van der Waals surface area contributed by atoms with Crippen LogP contribution in [0.4, 0.5) is 0 Å². The summed E-state index contributed by atoms with van der Waals surface area (Å²) in [6.07, 6.45) is 0. The van der Waals surface area contributed by atoms with Gasteiger partial charge in [0.05, 0.1) is 0 Å². The second-order valence-electron chi connectivity index (χ2n) is 0.289. The average molecular weight is 315 g/mol. The molecular weight excluding hydrogens is 310 g/mol. The maximum atomic E-state index is 4.00. The van der Waals surface area contributed by atoms with E-state index >= 15 is 0 Å². The second kappa shape index (κ2) is 1130. The number of rotatable bonds is 0. The maximum absolute atomic E-state index is 4.00. The Morgan fingerprint density at radius 2 is 1.75 bits per heavy atom. The fourth-order valence-corrected chi connectivity index (χ4v) is 0. The molecule has 0 N–H and O–H groups in total. The van der Waals surface area contributed by atoms with Gasteiger partial charge in [0.15, 0.2) is 0 Å². The maximum Gasteiger partial charge on any atom is 0 e. The molecule has 0 atom stereocenters. The number of hydrogen-bond acceptors (Lipinski definition) is 1. The molecule has 0 saturated carbocycles. The third-order valence-corrected chi connectivity index (χ3v) is 0. The van der Waals surface area contributed by atoms with E-state index < -0.39 is 0 Å². The third kappa shape index (κ3) is 0.00142. The van der Waals surface area contributed by atoms with Crippen molar-refractivity contribution < 1.29 is 4.74 Å². The van der Waals surface area contributed by atoms with Gasteiger partial charge in [0.1, 0.15) is 0 Å². The summed E-state index contributed by atoms with van der Waals surface area (Å²) < 4.78 is 4.00. The van der Waals surface area contributed by atoms with E-state index in [1.165, 1.54) is 7.11 Å². The van der Waals surface area contributed by atoms with Gasteiger partial charge >= 0.3 is 0 Å². The first-order valence-corrected chi connectivity index (χ1v) is 0.697. The first kappa shape index (κ1) is 12.3. The van der Waals surface area contributed by atoms with Gasteiger partial charge in [0.2, 0.25) is 0 Å². The molecule has 0 amide bonds. The van der Waals surface area contributed by atoms with Gasteiger partial charge in [-0.1, -0.05) is 0 Å². The number of methoxy groups -OCH3 is 1. The van der Waals surface area contributed by atoms with E-state index in [0.29, 0.717) is 0 Å². The molecule has 0 rings (SSSR count). The van der Waals surface area contributed by atoms with Crippen LogP contribution in [-0.4, -0.2) is 7.11 Å². The van der Waals surface area contributed by atoms with E-state index in [2.05, 4.69) is 11.8 Å². The van der Waals surface area contributed by atoms with Gasteiger partial charge in [-0.25, -0.2) is 7.11 Å². The molecule has 0 aliphatic carbocycles. The Bertz CT molecular complexity index is 6.00. The molecule has 1 nitrogen and oxygen atoms in total. The van der Waals surface area contributed by atoms with Crippen LogP contribution in [0.1, 0.15) is 0 Å². The molecule has 22 valence electrons. The van der Waals surface area contributed by atoms with Crippen molar-refractivity contribution in [2.45, 2.75) is 0 Å². The van der Waals surface area contributed by atoms with Crippen molar-refractivity contribution in [3.63, 3.8) is 0 Å². The average Bonchev–Trinajstić information content (AvgIpc) is 0.918. The van der Waals surface area contributed by atoms with Crippen molar-refractivity contribution in [3.8, 4) is 0 Å². The Morgan fingerprint density at radius 3 is 1.75 bits per heavy atom. The van der Waals surface area contributed by atoms with Gasteiger partial charge in [0, 0.05) is 0 Å². The molecule has 0 saturated heterocycles. The van der Waals surface area contributed by atoms with E-state index in [4.69, 9.17) is 0 Å². The van der Waals surface area contributed by atoms with Crippen molar-refractivity contribution in [3.05, 3.63) is 7.11 Å². The van der Waals surface area contributed by atoms with Crippen LogP contribution in [0.2, 0.25) is 0 Å². The molecule has 0 radical (unpaired) electrons. The van der Waals surface area contributed by atoms with Gasteiger partial charge in [-0.2, -0.15) is 0 Å². The summed E-state index contributed by atoms with van der Waals surface area (Å²) >= 11 is 0. The Kier molecular flexibility index (Phi) is 3480. The molecule has 0 heterocycles. The van der Waals surface area contributed by atoms with E-state index in [0.717, 1.165) is 0 Å². The Morgan fingerprint density at radius 1 is 1.75 bits per heavy atom. The number of hydrogen-bond donors (Lipinski definition) is 0. The summed E-state index contributed by atoms with van der Waals surface area (Å²) in [7, 11) is 4.50. The largest absolute Gasteiger partial charge is 0.557 e. The molecule has 0 aromatic carbocycles. The van der Waals surface area contributed by atoms with Crippen LogP contribution in [-0.2, 0) is 4.74 Å². The standard InChI is InChI=1S/C2H5O.Bh/c1-3-2;/h1H2,2H3;/q-1;. The molecule has 0 aliphatic heterocycles. The smallest absolute Gasteiger partial charge is 0 e. The van der Waals surface area contributed by atoms with Crippen molar-refractivity contribution in [2.24, 2.45) is 0 Å². The topological polar surface area (TPSA) is 9.23 Å². The Labute approximate surface area is 20.2 Å². The molecular formula is C2H5BhO-. The summed E-state index contributed by atoms with van der Waals surface area (Å²) in [6, 6.07) is 0. The molecule has 0 unspecified atom stereocenters. The van der Waals surface area contributed by atoms with Crippen LogP contribution >= 0.6 is 0 Å². The van der Waals surface area contributed by atoms with Gasteiger partial charge in [-0.05, 0) is 7.11 Å². The fourth-order valence-electron chi connectivity index (χ4n) is 0. The van der Waals surface area contributed by atoms with Gasteiger partial charge < -0.3 is 4.74 Å². The summed E-state index contributed by atoms with van der Waals surface area (Å²) in [5.41, 5.74) is 0. The minimum atomic E-state index is 0.